The molecule has 0 aromatic heterocycles. The second kappa shape index (κ2) is 6.54. The summed E-state index contributed by atoms with van der Waals surface area (Å²) in [5.41, 5.74) is -0.936. The van der Waals surface area contributed by atoms with Crippen LogP contribution in [0.3, 0.4) is 0 Å². The molecule has 0 atom stereocenters. The number of amides is 2. The molecule has 1 N–H and O–H groups in total. The summed E-state index contributed by atoms with van der Waals surface area (Å²) in [6.07, 6.45) is 0.170. The van der Waals surface area contributed by atoms with Gasteiger partial charge in [0.15, 0.2) is 0 Å². The summed E-state index contributed by atoms with van der Waals surface area (Å²) in [6, 6.07) is 0. The SMILES string of the molecule is CC(C)(C)OC(=O)NCCC1CN(C(=O)OC(C)(C)C)C1. The fraction of sp³-hybridized carbons (Fsp3) is 0.867. The average molecular weight is 300 g/mol. The lowest BCUT2D eigenvalue weighted by Gasteiger charge is -2.39. The maximum absolute atomic E-state index is 11.7. The fourth-order valence-corrected chi connectivity index (χ4v) is 1.92. The van der Waals surface area contributed by atoms with Gasteiger partial charge in [-0.2, -0.15) is 0 Å². The number of carbonyl (C=O) groups is 2. The van der Waals surface area contributed by atoms with Crippen molar-refractivity contribution in [3.05, 3.63) is 0 Å². The molecule has 0 spiro atoms. The number of ether oxygens (including phenoxy) is 2. The molecule has 0 aromatic rings. The predicted octanol–water partition coefficient (Wildman–Crippen LogP) is 2.77. The zero-order valence-corrected chi connectivity index (χ0v) is 14.0. The van der Waals surface area contributed by atoms with E-state index in [2.05, 4.69) is 5.32 Å². The van der Waals surface area contributed by atoms with Crippen LogP contribution in [0.15, 0.2) is 0 Å². The van der Waals surface area contributed by atoms with E-state index in [1.807, 2.05) is 41.5 Å². The molecule has 1 aliphatic rings. The minimum atomic E-state index is -0.478. The number of hydrogen-bond acceptors (Lipinski definition) is 4. The van der Waals surface area contributed by atoms with Crippen molar-refractivity contribution < 1.29 is 19.1 Å². The molecule has 1 fully saturated rings. The molecular weight excluding hydrogens is 272 g/mol. The fourth-order valence-electron chi connectivity index (χ4n) is 1.92. The van der Waals surface area contributed by atoms with Crippen molar-refractivity contribution in [2.75, 3.05) is 19.6 Å². The molecule has 1 aliphatic heterocycles. The van der Waals surface area contributed by atoms with Gasteiger partial charge in [-0.25, -0.2) is 9.59 Å². The molecule has 1 rings (SSSR count). The van der Waals surface area contributed by atoms with Gasteiger partial charge in [0.2, 0.25) is 0 Å². The Balaban J connectivity index is 2.13. The Hall–Kier alpha value is -1.46. The summed E-state index contributed by atoms with van der Waals surface area (Å²) in [7, 11) is 0. The third-order valence-corrected chi connectivity index (χ3v) is 2.83. The Labute approximate surface area is 127 Å². The minimum absolute atomic E-state index is 0.265. The van der Waals surface area contributed by atoms with Crippen LogP contribution in [0.4, 0.5) is 9.59 Å². The molecule has 0 radical (unpaired) electrons. The van der Waals surface area contributed by atoms with Crippen molar-refractivity contribution in [3.63, 3.8) is 0 Å². The molecule has 6 heteroatoms. The van der Waals surface area contributed by atoms with Crippen molar-refractivity contribution in [3.8, 4) is 0 Å². The summed E-state index contributed by atoms with van der Waals surface area (Å²) in [6.45, 7) is 13.0. The minimum Gasteiger partial charge on any atom is -0.444 e. The van der Waals surface area contributed by atoms with Crippen LogP contribution >= 0.6 is 0 Å². The number of carbonyl (C=O) groups excluding carboxylic acids is 2. The Bertz CT molecular complexity index is 376. The van der Waals surface area contributed by atoms with Gasteiger partial charge >= 0.3 is 12.2 Å². The lowest BCUT2D eigenvalue weighted by molar-refractivity contribution is -0.00240. The van der Waals surface area contributed by atoms with E-state index in [1.165, 1.54) is 0 Å². The Morgan fingerprint density at radius 1 is 1.05 bits per heavy atom. The molecular formula is C15H28N2O4. The summed E-state index contributed by atoms with van der Waals surface area (Å²) in [5, 5.41) is 2.72. The molecule has 0 aromatic carbocycles. The van der Waals surface area contributed by atoms with Gasteiger partial charge in [0.05, 0.1) is 0 Å². The number of nitrogens with zero attached hydrogens (tertiary/aromatic N) is 1. The van der Waals surface area contributed by atoms with E-state index < -0.39 is 17.3 Å². The van der Waals surface area contributed by atoms with Crippen LogP contribution in [-0.4, -0.2) is 47.9 Å². The smallest absolute Gasteiger partial charge is 0.410 e. The summed E-state index contributed by atoms with van der Waals surface area (Å²) >= 11 is 0. The second-order valence-electron chi connectivity index (χ2n) is 7.47. The highest BCUT2D eigenvalue weighted by Crippen LogP contribution is 2.21. The van der Waals surface area contributed by atoms with E-state index in [0.717, 1.165) is 6.42 Å². The highest BCUT2D eigenvalue weighted by molar-refractivity contribution is 5.69. The van der Waals surface area contributed by atoms with Crippen LogP contribution in [0.1, 0.15) is 48.0 Å². The Kier molecular flexibility index (Phi) is 5.48. The quantitative estimate of drug-likeness (QED) is 0.870. The summed E-state index contributed by atoms with van der Waals surface area (Å²) in [4.78, 5) is 24.9. The van der Waals surface area contributed by atoms with Crippen molar-refractivity contribution in [1.82, 2.24) is 10.2 Å². The summed E-state index contributed by atoms with van der Waals surface area (Å²) in [5.74, 6) is 0.410. The third-order valence-electron chi connectivity index (χ3n) is 2.83. The first-order valence-corrected chi connectivity index (χ1v) is 7.41. The lowest BCUT2D eigenvalue weighted by Crippen LogP contribution is -2.52. The van der Waals surface area contributed by atoms with E-state index in [-0.39, 0.29) is 6.09 Å². The van der Waals surface area contributed by atoms with Crippen molar-refractivity contribution >= 4 is 12.2 Å². The Morgan fingerprint density at radius 3 is 2.05 bits per heavy atom. The third kappa shape index (κ3) is 7.20. The van der Waals surface area contributed by atoms with Gasteiger partial charge in [0.25, 0.3) is 0 Å². The standard InChI is InChI=1S/C15H28N2O4/c1-14(2,3)20-12(18)16-8-7-11-9-17(10-11)13(19)21-15(4,5)6/h11H,7-10H2,1-6H3,(H,16,18). The van der Waals surface area contributed by atoms with E-state index in [9.17, 15) is 9.59 Å². The molecule has 0 bridgehead atoms. The van der Waals surface area contributed by atoms with Gasteiger partial charge in [-0.05, 0) is 53.9 Å². The maximum atomic E-state index is 11.7. The number of rotatable bonds is 3. The van der Waals surface area contributed by atoms with E-state index >= 15 is 0 Å². The van der Waals surface area contributed by atoms with Crippen LogP contribution in [0.5, 0.6) is 0 Å². The maximum Gasteiger partial charge on any atom is 0.410 e. The zero-order valence-electron chi connectivity index (χ0n) is 14.0. The van der Waals surface area contributed by atoms with Crippen LogP contribution in [0, 0.1) is 5.92 Å². The number of hydrogen-bond donors (Lipinski definition) is 1. The molecule has 0 aliphatic carbocycles. The molecule has 0 unspecified atom stereocenters. The van der Waals surface area contributed by atoms with Gasteiger partial charge in [0.1, 0.15) is 11.2 Å². The first-order chi connectivity index (χ1) is 9.46. The van der Waals surface area contributed by atoms with E-state index in [1.54, 1.807) is 4.90 Å². The molecule has 0 saturated carbocycles. The van der Waals surface area contributed by atoms with Gasteiger partial charge in [-0.15, -0.1) is 0 Å². The van der Waals surface area contributed by atoms with E-state index in [4.69, 9.17) is 9.47 Å². The monoisotopic (exact) mass is 300 g/mol. The van der Waals surface area contributed by atoms with Gasteiger partial charge < -0.3 is 19.7 Å². The van der Waals surface area contributed by atoms with Crippen LogP contribution in [-0.2, 0) is 9.47 Å². The highest BCUT2D eigenvalue weighted by Gasteiger charge is 2.33. The zero-order chi connectivity index (χ0) is 16.3. The molecule has 2 amide bonds. The number of alkyl carbamates (subject to hydrolysis) is 1. The normalized spacial score (nSPS) is 16.2. The molecule has 1 heterocycles. The first kappa shape index (κ1) is 17.6. The average Bonchev–Trinajstić information content (AvgIpc) is 2.15. The first-order valence-electron chi connectivity index (χ1n) is 7.41. The predicted molar refractivity (Wildman–Crippen MR) is 80.2 cm³/mol. The van der Waals surface area contributed by atoms with Gasteiger partial charge in [-0.1, -0.05) is 0 Å². The van der Waals surface area contributed by atoms with Crippen molar-refractivity contribution in [2.24, 2.45) is 5.92 Å². The Morgan fingerprint density at radius 2 is 1.57 bits per heavy atom. The van der Waals surface area contributed by atoms with Crippen LogP contribution in [0.25, 0.3) is 0 Å². The largest absolute Gasteiger partial charge is 0.444 e. The molecule has 21 heavy (non-hydrogen) atoms. The summed E-state index contributed by atoms with van der Waals surface area (Å²) < 4.78 is 10.4. The molecule has 6 nitrogen and oxygen atoms in total. The second-order valence-corrected chi connectivity index (χ2v) is 7.47. The van der Waals surface area contributed by atoms with Gasteiger partial charge in [-0.3, -0.25) is 0 Å². The topological polar surface area (TPSA) is 67.9 Å². The van der Waals surface area contributed by atoms with Crippen LogP contribution < -0.4 is 5.32 Å². The molecule has 122 valence electrons. The highest BCUT2D eigenvalue weighted by atomic mass is 16.6. The van der Waals surface area contributed by atoms with Crippen molar-refractivity contribution in [1.29, 1.82) is 0 Å². The number of likely N-dealkylation sites (tertiary alicyclic amines) is 1. The van der Waals surface area contributed by atoms with Crippen LogP contribution in [0.2, 0.25) is 0 Å². The molecule has 1 saturated heterocycles. The lowest BCUT2D eigenvalue weighted by atomic mass is 9.97. The number of nitrogens with one attached hydrogen (secondary N) is 1. The van der Waals surface area contributed by atoms with E-state index in [0.29, 0.717) is 25.6 Å². The van der Waals surface area contributed by atoms with Gasteiger partial charge in [0, 0.05) is 19.6 Å². The van der Waals surface area contributed by atoms with Crippen molar-refractivity contribution in [2.45, 2.75) is 59.2 Å².